The second-order valence-electron chi connectivity index (χ2n) is 7.11. The first-order valence-corrected chi connectivity index (χ1v) is 9.54. The Morgan fingerprint density at radius 2 is 1.73 bits per heavy atom. The van der Waals surface area contributed by atoms with E-state index >= 15 is 0 Å². The van der Waals surface area contributed by atoms with Crippen LogP contribution in [-0.4, -0.2) is 26.1 Å². The monoisotopic (exact) mass is 353 g/mol. The number of methoxy groups -OCH3 is 1. The number of quaternary nitrogens is 1. The number of aryl methyl sites for hydroxylation is 1. The summed E-state index contributed by atoms with van der Waals surface area (Å²) >= 11 is 0. The maximum Gasteiger partial charge on any atom is 0.287 e. The van der Waals surface area contributed by atoms with Crippen molar-refractivity contribution < 1.29 is 14.4 Å². The molecule has 0 bridgehead atoms. The molecule has 0 aliphatic carbocycles. The van der Waals surface area contributed by atoms with E-state index in [9.17, 15) is 4.79 Å². The number of carbonyl (C=O) groups is 1. The van der Waals surface area contributed by atoms with Gasteiger partial charge in [0.1, 0.15) is 5.75 Å². The van der Waals surface area contributed by atoms with Crippen LogP contribution >= 0.6 is 0 Å². The van der Waals surface area contributed by atoms with Gasteiger partial charge in [-0.1, -0.05) is 36.4 Å². The molecule has 2 aromatic carbocycles. The Labute approximate surface area is 156 Å². The molecule has 4 nitrogen and oxygen atoms in total. The number of carbonyl (C=O) groups excluding carboxylic acids is 1. The summed E-state index contributed by atoms with van der Waals surface area (Å²) in [4.78, 5) is 14.7. The lowest BCUT2D eigenvalue weighted by molar-refractivity contribution is -0.921. The van der Waals surface area contributed by atoms with Crippen molar-refractivity contribution in [3.05, 3.63) is 59.7 Å². The van der Waals surface area contributed by atoms with E-state index in [2.05, 4.69) is 17.4 Å². The van der Waals surface area contributed by atoms with E-state index < -0.39 is 0 Å². The third kappa shape index (κ3) is 4.44. The van der Waals surface area contributed by atoms with E-state index in [0.29, 0.717) is 5.75 Å². The van der Waals surface area contributed by atoms with E-state index in [4.69, 9.17) is 4.74 Å². The summed E-state index contributed by atoms with van der Waals surface area (Å²) in [6.07, 6.45) is 4.89. The van der Waals surface area contributed by atoms with Crippen molar-refractivity contribution in [3.8, 4) is 5.75 Å². The molecule has 1 aliphatic rings. The molecular weight excluding hydrogens is 324 g/mol. The number of hydrogen-bond acceptors (Lipinski definition) is 2. The number of ether oxygens (including phenoxy) is 1. The van der Waals surface area contributed by atoms with E-state index in [0.717, 1.165) is 29.9 Å². The fourth-order valence-electron chi connectivity index (χ4n) is 3.81. The molecule has 1 aliphatic heterocycles. The molecule has 1 amide bonds. The van der Waals surface area contributed by atoms with Crippen LogP contribution in [-0.2, 0) is 4.79 Å². The summed E-state index contributed by atoms with van der Waals surface area (Å²) in [5, 5.41) is 3.13. The molecule has 26 heavy (non-hydrogen) atoms. The van der Waals surface area contributed by atoms with Crippen LogP contribution in [0.15, 0.2) is 48.5 Å². The maximum atomic E-state index is 13.3. The van der Waals surface area contributed by atoms with Crippen molar-refractivity contribution in [2.75, 3.05) is 25.5 Å². The van der Waals surface area contributed by atoms with Gasteiger partial charge in [0, 0.05) is 5.56 Å². The zero-order valence-corrected chi connectivity index (χ0v) is 15.8. The fourth-order valence-corrected chi connectivity index (χ4v) is 3.81. The van der Waals surface area contributed by atoms with E-state index in [-0.39, 0.29) is 11.9 Å². The summed E-state index contributed by atoms with van der Waals surface area (Å²) in [5.41, 5.74) is 2.92. The molecule has 0 saturated carbocycles. The van der Waals surface area contributed by atoms with Crippen LogP contribution < -0.4 is 15.0 Å². The molecule has 0 spiro atoms. The number of nitrogens with one attached hydrogen (secondary N) is 2. The van der Waals surface area contributed by atoms with Crippen molar-refractivity contribution in [2.24, 2.45) is 0 Å². The molecule has 1 saturated heterocycles. The number of anilines is 1. The summed E-state index contributed by atoms with van der Waals surface area (Å²) in [6.45, 7) is 4.10. The highest BCUT2D eigenvalue weighted by molar-refractivity contribution is 5.96. The Kier molecular flexibility index (Phi) is 6.29. The van der Waals surface area contributed by atoms with Gasteiger partial charge in [-0.05, 0) is 50.3 Å². The number of rotatable bonds is 5. The standard InChI is InChI=1S/C22H28N2O2/c1-17-12-13-20(26-2)19(16-17)23-22(25)21(18-10-6-5-7-11-18)24-14-8-3-4-9-15-24/h5-7,10-13,16,21H,3-4,8-9,14-15H2,1-2H3,(H,23,25)/p+1/t21-/m0/s1. The van der Waals surface area contributed by atoms with E-state index in [1.54, 1.807) is 7.11 Å². The largest absolute Gasteiger partial charge is 0.495 e. The molecule has 138 valence electrons. The number of hydrogen-bond donors (Lipinski definition) is 2. The van der Waals surface area contributed by atoms with Crippen LogP contribution in [0.3, 0.4) is 0 Å². The van der Waals surface area contributed by atoms with Gasteiger partial charge in [-0.3, -0.25) is 4.79 Å². The third-order valence-electron chi connectivity index (χ3n) is 5.16. The predicted molar refractivity (Wildman–Crippen MR) is 105 cm³/mol. The molecule has 3 rings (SSSR count). The molecule has 0 aromatic heterocycles. The SMILES string of the molecule is COc1ccc(C)cc1NC(=O)[C@H](c1ccccc1)[NH+]1CCCCCC1. The Morgan fingerprint density at radius 3 is 2.38 bits per heavy atom. The Hall–Kier alpha value is -2.33. The van der Waals surface area contributed by atoms with Crippen LogP contribution in [0.5, 0.6) is 5.75 Å². The van der Waals surface area contributed by atoms with Crippen LogP contribution in [0.2, 0.25) is 0 Å². The first kappa shape index (κ1) is 18.5. The van der Waals surface area contributed by atoms with Gasteiger partial charge in [0.15, 0.2) is 6.04 Å². The number of likely N-dealkylation sites (tertiary alicyclic amines) is 1. The van der Waals surface area contributed by atoms with E-state index in [1.165, 1.54) is 30.6 Å². The average Bonchev–Trinajstić information content (AvgIpc) is 2.92. The van der Waals surface area contributed by atoms with Gasteiger partial charge >= 0.3 is 0 Å². The summed E-state index contributed by atoms with van der Waals surface area (Å²) in [7, 11) is 1.63. The smallest absolute Gasteiger partial charge is 0.287 e. The lowest BCUT2D eigenvalue weighted by Crippen LogP contribution is -3.13. The Morgan fingerprint density at radius 1 is 1.04 bits per heavy atom. The normalized spacial score (nSPS) is 16.5. The maximum absolute atomic E-state index is 13.3. The molecule has 4 heteroatoms. The van der Waals surface area contributed by atoms with Gasteiger partial charge in [0.25, 0.3) is 5.91 Å². The van der Waals surface area contributed by atoms with Gasteiger partial charge in [0.2, 0.25) is 0 Å². The van der Waals surface area contributed by atoms with Gasteiger partial charge in [-0.2, -0.15) is 0 Å². The van der Waals surface area contributed by atoms with Crippen LogP contribution in [0.25, 0.3) is 0 Å². The van der Waals surface area contributed by atoms with Crippen molar-refractivity contribution in [1.82, 2.24) is 0 Å². The van der Waals surface area contributed by atoms with Crippen molar-refractivity contribution in [2.45, 2.75) is 38.6 Å². The van der Waals surface area contributed by atoms with Gasteiger partial charge < -0.3 is 15.0 Å². The minimum atomic E-state index is -0.195. The number of benzene rings is 2. The molecule has 0 radical (unpaired) electrons. The van der Waals surface area contributed by atoms with Crippen LogP contribution in [0, 0.1) is 6.92 Å². The molecule has 1 fully saturated rings. The zero-order valence-electron chi connectivity index (χ0n) is 15.8. The highest BCUT2D eigenvalue weighted by Crippen LogP contribution is 2.26. The fraction of sp³-hybridized carbons (Fsp3) is 0.409. The Bertz CT molecular complexity index is 722. The highest BCUT2D eigenvalue weighted by Gasteiger charge is 2.32. The highest BCUT2D eigenvalue weighted by atomic mass is 16.5. The summed E-state index contributed by atoms with van der Waals surface area (Å²) in [5.74, 6) is 0.735. The lowest BCUT2D eigenvalue weighted by Gasteiger charge is -2.27. The second kappa shape index (κ2) is 8.86. The topological polar surface area (TPSA) is 42.8 Å². The zero-order chi connectivity index (χ0) is 18.4. The summed E-state index contributed by atoms with van der Waals surface area (Å²) in [6, 6.07) is 15.8. The van der Waals surface area contributed by atoms with Crippen LogP contribution in [0.4, 0.5) is 5.69 Å². The van der Waals surface area contributed by atoms with Crippen LogP contribution in [0.1, 0.15) is 42.9 Å². The molecule has 1 heterocycles. The molecule has 2 N–H and O–H groups in total. The predicted octanol–water partition coefficient (Wildman–Crippen LogP) is 3.14. The molecule has 2 aromatic rings. The summed E-state index contributed by atoms with van der Waals surface area (Å²) < 4.78 is 5.43. The quantitative estimate of drug-likeness (QED) is 0.867. The van der Waals surface area contributed by atoms with Gasteiger partial charge in [0.05, 0.1) is 25.9 Å². The van der Waals surface area contributed by atoms with Crippen molar-refractivity contribution >= 4 is 11.6 Å². The first-order chi connectivity index (χ1) is 12.7. The first-order valence-electron chi connectivity index (χ1n) is 9.54. The Balaban J connectivity index is 1.89. The third-order valence-corrected chi connectivity index (χ3v) is 5.16. The average molecular weight is 353 g/mol. The molecule has 1 atom stereocenters. The van der Waals surface area contributed by atoms with E-state index in [1.807, 2.05) is 43.3 Å². The van der Waals surface area contributed by atoms with Crippen molar-refractivity contribution in [3.63, 3.8) is 0 Å². The van der Waals surface area contributed by atoms with Gasteiger partial charge in [-0.25, -0.2) is 0 Å². The molecule has 0 unspecified atom stereocenters. The molecular formula is C22H29N2O2+. The van der Waals surface area contributed by atoms with Gasteiger partial charge in [-0.15, -0.1) is 0 Å². The number of amides is 1. The minimum absolute atomic E-state index is 0.0389. The second-order valence-corrected chi connectivity index (χ2v) is 7.11. The minimum Gasteiger partial charge on any atom is -0.495 e. The van der Waals surface area contributed by atoms with Crippen molar-refractivity contribution in [1.29, 1.82) is 0 Å². The lowest BCUT2D eigenvalue weighted by atomic mass is 10.0.